The van der Waals surface area contributed by atoms with Crippen LogP contribution in [0.25, 0.3) is 0 Å². The molecule has 3 aliphatic heterocycles. The maximum atomic E-state index is 14.2. The Hall–Kier alpha value is -4.87. The van der Waals surface area contributed by atoms with E-state index in [0.29, 0.717) is 33.2 Å². The number of pyridine rings is 1. The van der Waals surface area contributed by atoms with Crippen molar-refractivity contribution in [3.05, 3.63) is 99.4 Å². The average molecular weight is 675 g/mol. The topological polar surface area (TPSA) is 116 Å². The SMILES string of the molecule is Cc1ccc(C(=O)Nc2ccc(C(=O)N3c4ccccc4N=C(c4ccc(C(=O)NC5CC5)s4)C3C)cc2)c(N2CC3(CCOCC3)C2)n1. The van der Waals surface area contributed by atoms with E-state index in [4.69, 9.17) is 14.7 Å². The monoisotopic (exact) mass is 674 g/mol. The van der Waals surface area contributed by atoms with E-state index in [1.807, 2.05) is 62.4 Å². The number of hydrogen-bond donors (Lipinski definition) is 2. The van der Waals surface area contributed by atoms with Crippen LogP contribution in [0.15, 0.2) is 77.8 Å². The first-order chi connectivity index (χ1) is 23.8. The number of aliphatic imine (C=N–C) groups is 1. The summed E-state index contributed by atoms with van der Waals surface area (Å²) in [5.41, 5.74) is 4.85. The van der Waals surface area contributed by atoms with Gasteiger partial charge in [0, 0.05) is 54.7 Å². The van der Waals surface area contributed by atoms with Gasteiger partial charge in [0.2, 0.25) is 0 Å². The molecule has 10 nitrogen and oxygen atoms in total. The van der Waals surface area contributed by atoms with E-state index in [1.54, 1.807) is 29.2 Å². The van der Waals surface area contributed by atoms with E-state index in [2.05, 4.69) is 15.5 Å². The number of hydrogen-bond acceptors (Lipinski definition) is 8. The third-order valence-corrected chi connectivity index (χ3v) is 11.0. The smallest absolute Gasteiger partial charge is 0.261 e. The van der Waals surface area contributed by atoms with Crippen LogP contribution in [-0.2, 0) is 4.74 Å². The second-order valence-corrected chi connectivity index (χ2v) is 14.7. The molecule has 1 saturated carbocycles. The number of para-hydroxylation sites is 2. The van der Waals surface area contributed by atoms with Gasteiger partial charge in [0.1, 0.15) is 5.82 Å². The fraction of sp³-hybridized carbons (Fsp3) is 0.342. The Kier molecular flexibility index (Phi) is 8.04. The number of amides is 3. The molecule has 0 bridgehead atoms. The number of nitrogens with zero attached hydrogens (tertiary/aromatic N) is 4. The highest BCUT2D eigenvalue weighted by Gasteiger charge is 2.45. The van der Waals surface area contributed by atoms with Crippen LogP contribution >= 0.6 is 11.3 Å². The summed E-state index contributed by atoms with van der Waals surface area (Å²) in [5, 5.41) is 6.06. The summed E-state index contributed by atoms with van der Waals surface area (Å²) in [6.45, 7) is 7.21. The minimum absolute atomic E-state index is 0.0675. The number of benzene rings is 2. The van der Waals surface area contributed by atoms with Gasteiger partial charge in [0.15, 0.2) is 0 Å². The van der Waals surface area contributed by atoms with Gasteiger partial charge in [-0.1, -0.05) is 12.1 Å². The van der Waals surface area contributed by atoms with Crippen molar-refractivity contribution in [2.75, 3.05) is 41.4 Å². The van der Waals surface area contributed by atoms with Gasteiger partial charge in [-0.25, -0.2) is 9.98 Å². The van der Waals surface area contributed by atoms with Crippen molar-refractivity contribution in [2.45, 2.75) is 51.6 Å². The Morgan fingerprint density at radius 3 is 2.43 bits per heavy atom. The van der Waals surface area contributed by atoms with Crippen molar-refractivity contribution < 1.29 is 19.1 Å². The lowest BCUT2D eigenvalue weighted by Crippen LogP contribution is -2.59. The molecular formula is C38H38N6O4S. The van der Waals surface area contributed by atoms with Gasteiger partial charge in [-0.05, 0) is 100 Å². The number of carbonyl (C=O) groups is 3. The fourth-order valence-corrected chi connectivity index (χ4v) is 7.95. The zero-order chi connectivity index (χ0) is 33.7. The molecule has 2 saturated heterocycles. The van der Waals surface area contributed by atoms with E-state index < -0.39 is 0 Å². The largest absolute Gasteiger partial charge is 0.381 e. The molecule has 49 heavy (non-hydrogen) atoms. The molecule has 1 unspecified atom stereocenters. The number of thiophene rings is 1. The molecule has 1 atom stereocenters. The van der Waals surface area contributed by atoms with Gasteiger partial charge in [0.25, 0.3) is 17.7 Å². The fourth-order valence-electron chi connectivity index (χ4n) is 6.97. The second-order valence-electron chi connectivity index (χ2n) is 13.6. The predicted molar refractivity (Wildman–Crippen MR) is 192 cm³/mol. The Bertz CT molecular complexity index is 1970. The lowest BCUT2D eigenvalue weighted by Gasteiger charge is -2.53. The normalized spacial score (nSPS) is 19.5. The van der Waals surface area contributed by atoms with Gasteiger partial charge in [-0.15, -0.1) is 11.3 Å². The van der Waals surface area contributed by atoms with Crippen molar-refractivity contribution >= 4 is 57.7 Å². The van der Waals surface area contributed by atoms with Crippen LogP contribution in [0.4, 0.5) is 22.9 Å². The number of anilines is 3. The van der Waals surface area contributed by atoms with Crippen molar-refractivity contribution in [2.24, 2.45) is 10.4 Å². The number of aromatic nitrogens is 1. The average Bonchev–Trinajstić information content (AvgIpc) is 3.78. The minimum Gasteiger partial charge on any atom is -0.381 e. The Balaban J connectivity index is 0.990. The molecule has 4 aromatic rings. The molecule has 1 spiro atoms. The Morgan fingerprint density at radius 1 is 0.918 bits per heavy atom. The summed E-state index contributed by atoms with van der Waals surface area (Å²) in [6, 6.07) is 21.9. The van der Waals surface area contributed by atoms with Crippen LogP contribution in [0.1, 0.15) is 73.6 Å². The van der Waals surface area contributed by atoms with Crippen molar-refractivity contribution in [3.8, 4) is 0 Å². The highest BCUT2D eigenvalue weighted by atomic mass is 32.1. The summed E-state index contributed by atoms with van der Waals surface area (Å²) in [5.74, 6) is 0.216. The maximum absolute atomic E-state index is 14.2. The predicted octanol–water partition coefficient (Wildman–Crippen LogP) is 6.38. The number of carbonyl (C=O) groups excluding carboxylic acids is 3. The van der Waals surface area contributed by atoms with Crippen LogP contribution in [-0.4, -0.2) is 66.8 Å². The molecular weight excluding hydrogens is 637 g/mol. The standard InChI is InChI=1S/C38H38N6O4S/c1-23-7-14-28(34(39-23)43-21-38(22-43)17-19-48-20-18-38)35(45)40-26-10-8-25(9-11-26)37(47)44-24(2)33(42-29-5-3-4-6-30(29)44)31-15-16-32(49-31)36(46)41-27-12-13-27/h3-11,14-16,24,27H,12-13,17-22H2,1-2H3,(H,40,45)(H,41,46). The molecule has 2 N–H and O–H groups in total. The van der Waals surface area contributed by atoms with E-state index in [-0.39, 0.29) is 35.2 Å². The first-order valence-corrected chi connectivity index (χ1v) is 17.7. The van der Waals surface area contributed by atoms with E-state index in [1.165, 1.54) is 11.3 Å². The van der Waals surface area contributed by atoms with Gasteiger partial charge in [-0.2, -0.15) is 0 Å². The molecule has 250 valence electrons. The number of ether oxygens (including phenoxy) is 1. The molecule has 0 radical (unpaired) electrons. The summed E-state index contributed by atoms with van der Waals surface area (Å²) in [7, 11) is 0. The van der Waals surface area contributed by atoms with Crippen molar-refractivity contribution in [3.63, 3.8) is 0 Å². The molecule has 11 heteroatoms. The van der Waals surface area contributed by atoms with Gasteiger partial charge in [0.05, 0.1) is 38.4 Å². The van der Waals surface area contributed by atoms with E-state index in [9.17, 15) is 14.4 Å². The summed E-state index contributed by atoms with van der Waals surface area (Å²) < 4.78 is 5.57. The van der Waals surface area contributed by atoms with Crippen molar-refractivity contribution in [1.82, 2.24) is 10.3 Å². The van der Waals surface area contributed by atoms with Gasteiger partial charge in [-0.3, -0.25) is 19.3 Å². The number of aryl methyl sites for hydroxylation is 1. The van der Waals surface area contributed by atoms with E-state index >= 15 is 0 Å². The number of fused-ring (bicyclic) bond motifs is 1. The highest BCUT2D eigenvalue weighted by molar-refractivity contribution is 7.16. The molecule has 8 rings (SSSR count). The van der Waals surface area contributed by atoms with Crippen LogP contribution in [0.3, 0.4) is 0 Å². The molecule has 2 aromatic heterocycles. The lowest BCUT2D eigenvalue weighted by atomic mass is 9.73. The zero-order valence-corrected chi connectivity index (χ0v) is 28.4. The number of rotatable bonds is 7. The van der Waals surface area contributed by atoms with Crippen molar-refractivity contribution in [1.29, 1.82) is 0 Å². The molecule has 1 aliphatic carbocycles. The van der Waals surface area contributed by atoms with Crippen LogP contribution < -0.4 is 20.4 Å². The molecule has 3 fully saturated rings. The quantitative estimate of drug-likeness (QED) is 0.235. The summed E-state index contributed by atoms with van der Waals surface area (Å²) >= 11 is 1.39. The van der Waals surface area contributed by atoms with Crippen LogP contribution in [0.5, 0.6) is 0 Å². The molecule has 4 aliphatic rings. The minimum atomic E-state index is -0.381. The van der Waals surface area contributed by atoms with Crippen LogP contribution in [0, 0.1) is 12.3 Å². The maximum Gasteiger partial charge on any atom is 0.261 e. The summed E-state index contributed by atoms with van der Waals surface area (Å²) in [6.07, 6.45) is 4.12. The molecule has 2 aromatic carbocycles. The third kappa shape index (κ3) is 6.13. The summed E-state index contributed by atoms with van der Waals surface area (Å²) in [4.78, 5) is 55.6. The van der Waals surface area contributed by atoms with Gasteiger partial charge >= 0.3 is 0 Å². The highest BCUT2D eigenvalue weighted by Crippen LogP contribution is 2.43. The third-order valence-electron chi connectivity index (χ3n) is 9.93. The first kappa shape index (κ1) is 31.4. The molecule has 5 heterocycles. The van der Waals surface area contributed by atoms with Crippen LogP contribution in [0.2, 0.25) is 0 Å². The lowest BCUT2D eigenvalue weighted by molar-refractivity contribution is -0.000519. The number of nitrogens with one attached hydrogen (secondary N) is 2. The van der Waals surface area contributed by atoms with Gasteiger partial charge < -0.3 is 20.3 Å². The Morgan fingerprint density at radius 2 is 1.67 bits per heavy atom. The second kappa shape index (κ2) is 12.5. The zero-order valence-electron chi connectivity index (χ0n) is 27.6. The van der Waals surface area contributed by atoms with E-state index in [0.717, 1.165) is 74.0 Å². The molecule has 3 amide bonds. The first-order valence-electron chi connectivity index (χ1n) is 16.9. The Labute approximate surface area is 289 Å².